The number of aromatic nitrogens is 3. The van der Waals surface area contributed by atoms with Crippen LogP contribution in [0.15, 0.2) is 24.5 Å². The molecule has 2 heterocycles. The van der Waals surface area contributed by atoms with E-state index in [1.807, 2.05) is 26.0 Å². The fraction of sp³-hybridized carbons (Fsp3) is 0.526. The molecule has 25 heavy (non-hydrogen) atoms. The van der Waals surface area contributed by atoms with Crippen LogP contribution < -0.4 is 5.32 Å². The van der Waals surface area contributed by atoms with Crippen LogP contribution in [0.3, 0.4) is 0 Å². The maximum Gasteiger partial charge on any atom is 0.161 e. The zero-order valence-corrected chi connectivity index (χ0v) is 16.0. The number of nitrogens with zero attached hydrogens (tertiary/aromatic N) is 3. The normalized spacial score (nSPS) is 21.7. The molecular formula is C19H26N4OS. The molecule has 2 aromatic heterocycles. The minimum absolute atomic E-state index is 0.305. The van der Waals surface area contributed by atoms with Gasteiger partial charge in [-0.25, -0.2) is 9.97 Å². The molecular weight excluding hydrogens is 332 g/mol. The van der Waals surface area contributed by atoms with E-state index in [-0.39, 0.29) is 0 Å². The van der Waals surface area contributed by atoms with Crippen LogP contribution in [0.25, 0.3) is 11.4 Å². The van der Waals surface area contributed by atoms with E-state index in [0.717, 1.165) is 59.9 Å². The first kappa shape index (κ1) is 18.0. The summed E-state index contributed by atoms with van der Waals surface area (Å²) in [5.41, 5.74) is 3.03. The van der Waals surface area contributed by atoms with Crippen molar-refractivity contribution in [1.29, 1.82) is 0 Å². The first-order valence-electron chi connectivity index (χ1n) is 8.97. The Morgan fingerprint density at radius 3 is 2.68 bits per heavy atom. The summed E-state index contributed by atoms with van der Waals surface area (Å²) < 4.78 is 12.2. The molecule has 0 saturated heterocycles. The van der Waals surface area contributed by atoms with Crippen molar-refractivity contribution >= 4 is 16.6 Å². The molecule has 0 spiro atoms. The quantitative estimate of drug-likeness (QED) is 0.884. The molecule has 2 aromatic rings. The number of rotatable bonds is 5. The molecule has 0 bridgehead atoms. The van der Waals surface area contributed by atoms with Gasteiger partial charge >= 0.3 is 0 Å². The molecule has 0 aliphatic heterocycles. The molecule has 0 amide bonds. The van der Waals surface area contributed by atoms with Crippen molar-refractivity contribution in [2.24, 2.45) is 0 Å². The number of pyridine rings is 1. The molecule has 1 fully saturated rings. The molecule has 1 N–H and O–H groups in total. The average molecular weight is 359 g/mol. The predicted octanol–water partition coefficient (Wildman–Crippen LogP) is 3.65. The Hall–Kier alpha value is -1.82. The Morgan fingerprint density at radius 2 is 1.96 bits per heavy atom. The van der Waals surface area contributed by atoms with Gasteiger partial charge in [0.1, 0.15) is 5.82 Å². The maximum absolute atomic E-state index is 12.2. The average Bonchev–Trinajstić information content (AvgIpc) is 2.65. The third-order valence-electron chi connectivity index (χ3n) is 4.95. The number of aryl methyl sites for hydroxylation is 1. The Morgan fingerprint density at radius 1 is 1.20 bits per heavy atom. The van der Waals surface area contributed by atoms with Crippen molar-refractivity contribution in [2.75, 3.05) is 11.1 Å². The van der Waals surface area contributed by atoms with E-state index in [9.17, 15) is 4.21 Å². The predicted molar refractivity (Wildman–Crippen MR) is 103 cm³/mol. The van der Waals surface area contributed by atoms with Crippen molar-refractivity contribution in [3.05, 3.63) is 35.8 Å². The van der Waals surface area contributed by atoms with Gasteiger partial charge in [-0.05, 0) is 45.2 Å². The third kappa shape index (κ3) is 4.24. The van der Waals surface area contributed by atoms with Crippen molar-refractivity contribution in [3.8, 4) is 11.4 Å². The van der Waals surface area contributed by atoms with Crippen molar-refractivity contribution in [2.45, 2.75) is 57.7 Å². The smallest absolute Gasteiger partial charge is 0.161 e. The highest BCUT2D eigenvalue weighted by Gasteiger charge is 2.26. The van der Waals surface area contributed by atoms with Crippen LogP contribution >= 0.6 is 0 Å². The fourth-order valence-corrected chi connectivity index (χ4v) is 4.69. The van der Waals surface area contributed by atoms with Crippen molar-refractivity contribution in [3.63, 3.8) is 0 Å². The second-order valence-corrected chi connectivity index (χ2v) is 8.65. The summed E-state index contributed by atoms with van der Waals surface area (Å²) in [5, 5.41) is 3.91. The highest BCUT2D eigenvalue weighted by molar-refractivity contribution is 7.85. The summed E-state index contributed by atoms with van der Waals surface area (Å²) >= 11 is 0. The molecule has 5 nitrogen and oxygen atoms in total. The minimum Gasteiger partial charge on any atom is -0.367 e. The standard InChI is InChI=1S/C19H26N4OS/c1-4-25(24)17-7-5-6-16(12-17)22-18-13(2)14(3)21-19(23-18)15-8-10-20-11-9-15/h8-11,16-17H,4-7,12H2,1-3H3,(H,21,22,23). The van der Waals surface area contributed by atoms with E-state index in [0.29, 0.717) is 11.3 Å². The van der Waals surface area contributed by atoms with Crippen LogP contribution in [-0.4, -0.2) is 36.2 Å². The first-order chi connectivity index (χ1) is 12.1. The number of nitrogens with one attached hydrogen (secondary N) is 1. The zero-order chi connectivity index (χ0) is 17.8. The molecule has 3 atom stereocenters. The molecule has 1 saturated carbocycles. The summed E-state index contributed by atoms with van der Waals surface area (Å²) in [6.07, 6.45) is 7.76. The van der Waals surface area contributed by atoms with Gasteiger partial charge in [-0.2, -0.15) is 0 Å². The highest BCUT2D eigenvalue weighted by atomic mass is 32.2. The van der Waals surface area contributed by atoms with Gasteiger partial charge in [-0.1, -0.05) is 13.3 Å². The second kappa shape index (κ2) is 8.04. The Balaban J connectivity index is 1.82. The topological polar surface area (TPSA) is 67.8 Å². The van der Waals surface area contributed by atoms with E-state index in [4.69, 9.17) is 4.98 Å². The van der Waals surface area contributed by atoms with Crippen molar-refractivity contribution in [1.82, 2.24) is 15.0 Å². The molecule has 1 aliphatic rings. The van der Waals surface area contributed by atoms with Gasteiger partial charge in [0.2, 0.25) is 0 Å². The van der Waals surface area contributed by atoms with Gasteiger partial charge < -0.3 is 5.32 Å². The van der Waals surface area contributed by atoms with E-state index in [1.165, 1.54) is 0 Å². The molecule has 3 unspecified atom stereocenters. The highest BCUT2D eigenvalue weighted by Crippen LogP contribution is 2.28. The van der Waals surface area contributed by atoms with Crippen LogP contribution in [0.4, 0.5) is 5.82 Å². The van der Waals surface area contributed by atoms with Crippen LogP contribution in [0.2, 0.25) is 0 Å². The van der Waals surface area contributed by atoms with Crippen LogP contribution in [-0.2, 0) is 10.8 Å². The summed E-state index contributed by atoms with van der Waals surface area (Å²) in [7, 11) is -0.716. The second-order valence-electron chi connectivity index (χ2n) is 6.64. The molecule has 6 heteroatoms. The minimum atomic E-state index is -0.716. The Bertz CT molecular complexity index is 751. The van der Waals surface area contributed by atoms with Gasteiger partial charge in [0.15, 0.2) is 5.82 Å². The molecule has 134 valence electrons. The number of hydrogen-bond acceptors (Lipinski definition) is 5. The van der Waals surface area contributed by atoms with Gasteiger partial charge in [0.05, 0.1) is 0 Å². The van der Waals surface area contributed by atoms with Crippen LogP contribution in [0.5, 0.6) is 0 Å². The van der Waals surface area contributed by atoms with Crippen molar-refractivity contribution < 1.29 is 4.21 Å². The van der Waals surface area contributed by atoms with Crippen LogP contribution in [0, 0.1) is 13.8 Å². The first-order valence-corrected chi connectivity index (χ1v) is 10.4. The van der Waals surface area contributed by atoms with Crippen LogP contribution in [0.1, 0.15) is 43.9 Å². The Labute approximate surface area is 152 Å². The summed E-state index contributed by atoms with van der Waals surface area (Å²) in [6.45, 7) is 6.08. The number of anilines is 1. The monoisotopic (exact) mass is 358 g/mol. The van der Waals surface area contributed by atoms with Gasteiger partial charge in [-0.15, -0.1) is 0 Å². The van der Waals surface area contributed by atoms with E-state index >= 15 is 0 Å². The summed E-state index contributed by atoms with van der Waals surface area (Å²) in [4.78, 5) is 13.4. The van der Waals surface area contributed by atoms with E-state index in [2.05, 4.69) is 22.2 Å². The number of hydrogen-bond donors (Lipinski definition) is 1. The third-order valence-corrected chi connectivity index (χ3v) is 6.69. The van der Waals surface area contributed by atoms with E-state index in [1.54, 1.807) is 12.4 Å². The zero-order valence-electron chi connectivity index (χ0n) is 15.2. The molecule has 3 rings (SSSR count). The van der Waals surface area contributed by atoms with Gasteiger partial charge in [0, 0.05) is 57.1 Å². The van der Waals surface area contributed by atoms with E-state index < -0.39 is 10.8 Å². The SMILES string of the molecule is CCS(=O)C1CCCC(Nc2nc(-c3ccncc3)nc(C)c2C)C1. The molecule has 0 aromatic carbocycles. The Kier molecular flexibility index (Phi) is 5.78. The lowest BCUT2D eigenvalue weighted by Crippen LogP contribution is -2.33. The lowest BCUT2D eigenvalue weighted by molar-refractivity contribution is 0.464. The molecule has 0 radical (unpaired) electrons. The fourth-order valence-electron chi connectivity index (χ4n) is 3.34. The maximum atomic E-state index is 12.2. The summed E-state index contributed by atoms with van der Waals surface area (Å²) in [6, 6.07) is 4.18. The largest absolute Gasteiger partial charge is 0.367 e. The van der Waals surface area contributed by atoms with Gasteiger partial charge in [0.25, 0.3) is 0 Å². The van der Waals surface area contributed by atoms with Gasteiger partial charge in [-0.3, -0.25) is 9.19 Å². The lowest BCUT2D eigenvalue weighted by Gasteiger charge is -2.30. The molecule has 1 aliphatic carbocycles. The summed E-state index contributed by atoms with van der Waals surface area (Å²) in [5.74, 6) is 2.36. The lowest BCUT2D eigenvalue weighted by atomic mass is 9.95.